The molecule has 1 saturated heterocycles. The molecule has 0 saturated carbocycles. The van der Waals surface area contributed by atoms with Crippen molar-refractivity contribution in [2.75, 3.05) is 39.2 Å². The summed E-state index contributed by atoms with van der Waals surface area (Å²) in [6.07, 6.45) is 0.381. The number of likely N-dealkylation sites (tertiary alicyclic amines) is 1. The van der Waals surface area contributed by atoms with Gasteiger partial charge >= 0.3 is 12.7 Å². The Labute approximate surface area is 211 Å². The number of rotatable bonds is 8. The third-order valence-corrected chi connectivity index (χ3v) is 5.96. The SMILES string of the molecule is C=Nc1cc(OC)c(OC(=O)N2CCC(COC(F)F)CC2)cc1C(=NC)Nc1cccc(Cl)c1F. The molecule has 1 fully saturated rings. The Bertz CT molecular complexity index is 1120. The van der Waals surface area contributed by atoms with Crippen LogP contribution in [0, 0.1) is 11.7 Å². The fourth-order valence-electron chi connectivity index (χ4n) is 3.73. The van der Waals surface area contributed by atoms with Crippen molar-refractivity contribution in [3.8, 4) is 11.5 Å². The summed E-state index contributed by atoms with van der Waals surface area (Å²) in [6.45, 7) is 1.34. The molecule has 1 N–H and O–H groups in total. The van der Waals surface area contributed by atoms with Crippen LogP contribution in [0.1, 0.15) is 18.4 Å². The minimum Gasteiger partial charge on any atom is -0.493 e. The summed E-state index contributed by atoms with van der Waals surface area (Å²) < 4.78 is 54.4. The van der Waals surface area contributed by atoms with Gasteiger partial charge in [0.2, 0.25) is 0 Å². The highest BCUT2D eigenvalue weighted by atomic mass is 35.5. The molecule has 8 nitrogen and oxygen atoms in total. The fraction of sp³-hybridized carbons (Fsp3) is 0.375. The summed E-state index contributed by atoms with van der Waals surface area (Å²) in [4.78, 5) is 22.5. The zero-order valence-corrected chi connectivity index (χ0v) is 20.5. The lowest BCUT2D eigenvalue weighted by Gasteiger charge is -2.31. The van der Waals surface area contributed by atoms with Crippen LogP contribution in [0.15, 0.2) is 40.3 Å². The standard InChI is InChI=1S/C24H26ClF3N4O4/c1-29-18-12-19(34-3)20(36-24(33)32-9-7-14(8-10-32)13-35-23(27)28)11-15(18)22(30-2)31-17-6-4-5-16(25)21(17)26/h4-6,11-12,14,23H,1,7-10,13H2,2-3H3,(H,30,31). The van der Waals surface area contributed by atoms with Crippen LogP contribution in [0.4, 0.5) is 29.3 Å². The number of hydrogen-bond donors (Lipinski definition) is 1. The van der Waals surface area contributed by atoms with Gasteiger partial charge in [0.05, 0.1) is 30.1 Å². The van der Waals surface area contributed by atoms with Gasteiger partial charge in [-0.3, -0.25) is 9.98 Å². The maximum absolute atomic E-state index is 14.5. The number of benzene rings is 2. The van der Waals surface area contributed by atoms with Crippen LogP contribution in [0.2, 0.25) is 5.02 Å². The highest BCUT2D eigenvalue weighted by Gasteiger charge is 2.26. The van der Waals surface area contributed by atoms with Crippen molar-refractivity contribution in [2.24, 2.45) is 15.9 Å². The van der Waals surface area contributed by atoms with Crippen LogP contribution in [0.25, 0.3) is 0 Å². The van der Waals surface area contributed by atoms with Gasteiger partial charge in [0.15, 0.2) is 17.3 Å². The minimum atomic E-state index is -2.82. The second-order valence-electron chi connectivity index (χ2n) is 7.87. The van der Waals surface area contributed by atoms with E-state index in [0.29, 0.717) is 37.2 Å². The summed E-state index contributed by atoms with van der Waals surface area (Å²) in [6, 6.07) is 7.49. The van der Waals surface area contributed by atoms with E-state index in [1.54, 1.807) is 6.07 Å². The van der Waals surface area contributed by atoms with Gasteiger partial charge in [0.25, 0.3) is 0 Å². The molecular weight excluding hydrogens is 501 g/mol. The molecule has 0 aromatic heterocycles. The first-order valence-electron chi connectivity index (χ1n) is 11.0. The minimum absolute atomic E-state index is 0.0624. The molecule has 2 aromatic carbocycles. The van der Waals surface area contributed by atoms with Gasteiger partial charge in [-0.2, -0.15) is 8.78 Å². The summed E-state index contributed by atoms with van der Waals surface area (Å²) >= 11 is 5.88. The number of piperidine rings is 1. The average molecular weight is 527 g/mol. The van der Waals surface area contributed by atoms with Gasteiger partial charge in [-0.1, -0.05) is 17.7 Å². The van der Waals surface area contributed by atoms with Crippen molar-refractivity contribution in [1.82, 2.24) is 4.90 Å². The quantitative estimate of drug-likeness (QED) is 0.349. The number of ether oxygens (including phenoxy) is 3. The molecule has 36 heavy (non-hydrogen) atoms. The van der Waals surface area contributed by atoms with E-state index in [1.807, 2.05) is 0 Å². The Morgan fingerprint density at radius 1 is 1.28 bits per heavy atom. The number of amidine groups is 1. The van der Waals surface area contributed by atoms with Crippen LogP contribution in [0.3, 0.4) is 0 Å². The molecule has 194 valence electrons. The number of amides is 1. The second kappa shape index (κ2) is 12.6. The maximum Gasteiger partial charge on any atom is 0.415 e. The van der Waals surface area contributed by atoms with E-state index in [1.165, 1.54) is 43.3 Å². The lowest BCUT2D eigenvalue weighted by molar-refractivity contribution is -0.140. The smallest absolute Gasteiger partial charge is 0.415 e. The monoisotopic (exact) mass is 526 g/mol. The lowest BCUT2D eigenvalue weighted by Crippen LogP contribution is -2.41. The Balaban J connectivity index is 1.80. The Hall–Kier alpha value is -3.31. The Morgan fingerprint density at radius 3 is 2.61 bits per heavy atom. The molecule has 1 amide bonds. The van der Waals surface area contributed by atoms with Gasteiger partial charge in [0.1, 0.15) is 5.84 Å². The zero-order valence-electron chi connectivity index (χ0n) is 19.8. The van der Waals surface area contributed by atoms with E-state index in [4.69, 9.17) is 21.1 Å². The van der Waals surface area contributed by atoms with Crippen molar-refractivity contribution in [3.05, 3.63) is 46.7 Å². The number of anilines is 1. The predicted octanol–water partition coefficient (Wildman–Crippen LogP) is 5.76. The summed E-state index contributed by atoms with van der Waals surface area (Å²) in [7, 11) is 2.90. The zero-order chi connectivity index (χ0) is 26.2. The van der Waals surface area contributed by atoms with E-state index >= 15 is 0 Å². The molecule has 1 aliphatic heterocycles. The van der Waals surface area contributed by atoms with Crippen LogP contribution in [-0.2, 0) is 4.74 Å². The first-order valence-corrected chi connectivity index (χ1v) is 11.4. The molecule has 0 unspecified atom stereocenters. The number of carbonyl (C=O) groups is 1. The highest BCUT2D eigenvalue weighted by molar-refractivity contribution is 6.31. The number of nitrogens with zero attached hydrogens (tertiary/aromatic N) is 3. The maximum atomic E-state index is 14.5. The molecule has 2 aromatic rings. The first-order chi connectivity index (χ1) is 17.3. The molecule has 0 bridgehead atoms. The normalized spacial score (nSPS) is 14.6. The van der Waals surface area contributed by atoms with E-state index < -0.39 is 18.5 Å². The molecule has 12 heteroatoms. The van der Waals surface area contributed by atoms with Crippen LogP contribution >= 0.6 is 11.6 Å². The summed E-state index contributed by atoms with van der Waals surface area (Å²) in [5.41, 5.74) is 0.812. The lowest BCUT2D eigenvalue weighted by atomic mass is 9.98. The number of carbonyl (C=O) groups excluding carboxylic acids is 1. The van der Waals surface area contributed by atoms with Crippen LogP contribution in [-0.4, -0.2) is 64.0 Å². The number of halogens is 4. The van der Waals surface area contributed by atoms with E-state index in [0.717, 1.165) is 0 Å². The second-order valence-corrected chi connectivity index (χ2v) is 8.28. The molecule has 1 heterocycles. The Kier molecular flexibility index (Phi) is 9.54. The van der Waals surface area contributed by atoms with Crippen molar-refractivity contribution in [1.29, 1.82) is 0 Å². The van der Waals surface area contributed by atoms with Crippen LogP contribution < -0.4 is 14.8 Å². The third kappa shape index (κ3) is 6.67. The van der Waals surface area contributed by atoms with Gasteiger partial charge in [-0.25, -0.2) is 9.18 Å². The molecular formula is C24H26ClF3N4O4. The number of aliphatic imine (C=N–C) groups is 2. The van der Waals surface area contributed by atoms with Crippen molar-refractivity contribution in [2.45, 2.75) is 19.5 Å². The molecule has 1 aliphatic rings. The summed E-state index contributed by atoms with van der Waals surface area (Å²) in [5.74, 6) is -0.195. The van der Waals surface area contributed by atoms with Gasteiger partial charge in [-0.15, -0.1) is 0 Å². The topological polar surface area (TPSA) is 84.8 Å². The predicted molar refractivity (Wildman–Crippen MR) is 132 cm³/mol. The molecule has 0 atom stereocenters. The molecule has 0 radical (unpaired) electrons. The first kappa shape index (κ1) is 27.3. The van der Waals surface area contributed by atoms with Crippen molar-refractivity contribution in [3.63, 3.8) is 0 Å². The van der Waals surface area contributed by atoms with E-state index in [9.17, 15) is 18.0 Å². The van der Waals surface area contributed by atoms with Crippen LogP contribution in [0.5, 0.6) is 11.5 Å². The largest absolute Gasteiger partial charge is 0.493 e. The van der Waals surface area contributed by atoms with E-state index in [-0.39, 0.29) is 40.6 Å². The molecule has 0 spiro atoms. The van der Waals surface area contributed by atoms with Crippen molar-refractivity contribution >= 4 is 41.6 Å². The highest BCUT2D eigenvalue weighted by Crippen LogP contribution is 2.36. The number of methoxy groups -OCH3 is 1. The van der Waals surface area contributed by atoms with E-state index in [2.05, 4.69) is 26.8 Å². The number of hydrogen-bond acceptors (Lipinski definition) is 6. The molecule has 3 rings (SSSR count). The summed E-state index contributed by atoms with van der Waals surface area (Å²) in [5, 5.41) is 2.82. The van der Waals surface area contributed by atoms with Crippen molar-refractivity contribution < 1.29 is 32.2 Å². The fourth-order valence-corrected chi connectivity index (χ4v) is 3.90. The third-order valence-electron chi connectivity index (χ3n) is 5.66. The van der Waals surface area contributed by atoms with Gasteiger partial charge in [-0.05, 0) is 43.7 Å². The van der Waals surface area contributed by atoms with Gasteiger partial charge < -0.3 is 24.4 Å². The Morgan fingerprint density at radius 2 is 2.00 bits per heavy atom. The average Bonchev–Trinajstić information content (AvgIpc) is 2.88. The van der Waals surface area contributed by atoms with Gasteiger partial charge in [0, 0.05) is 31.8 Å². The molecule has 0 aliphatic carbocycles. The number of alkyl halides is 2. The number of nitrogens with one attached hydrogen (secondary N) is 1.